The standard InChI is InChI=1S/C12H9FO/c13-10-7-5-9(6-8-10)11-3-1-2-4-12(11)14/h1-8,11H. The second-order valence-corrected chi connectivity index (χ2v) is 3.18. The zero-order chi connectivity index (χ0) is 9.97. The second-order valence-electron chi connectivity index (χ2n) is 3.18. The van der Waals surface area contributed by atoms with Crippen molar-refractivity contribution in [1.82, 2.24) is 0 Å². The first kappa shape index (κ1) is 8.88. The van der Waals surface area contributed by atoms with Crippen molar-refractivity contribution >= 4 is 5.78 Å². The quantitative estimate of drug-likeness (QED) is 0.662. The first-order valence-corrected chi connectivity index (χ1v) is 4.41. The molecular weight excluding hydrogens is 179 g/mol. The van der Waals surface area contributed by atoms with E-state index in [9.17, 15) is 9.18 Å². The van der Waals surface area contributed by atoms with Crippen LogP contribution >= 0.6 is 0 Å². The number of benzene rings is 1. The van der Waals surface area contributed by atoms with Gasteiger partial charge in [-0.3, -0.25) is 4.79 Å². The second kappa shape index (κ2) is 3.58. The molecule has 0 saturated heterocycles. The normalized spacial score (nSPS) is 20.1. The summed E-state index contributed by atoms with van der Waals surface area (Å²) in [5.41, 5.74) is 0.831. The van der Waals surface area contributed by atoms with Crippen molar-refractivity contribution in [3.8, 4) is 0 Å². The molecule has 0 radical (unpaired) electrons. The minimum Gasteiger partial charge on any atom is -0.294 e. The van der Waals surface area contributed by atoms with Crippen LogP contribution in [0.25, 0.3) is 0 Å². The van der Waals surface area contributed by atoms with Gasteiger partial charge >= 0.3 is 0 Å². The van der Waals surface area contributed by atoms with E-state index in [1.807, 2.05) is 12.2 Å². The third kappa shape index (κ3) is 1.64. The maximum atomic E-state index is 12.6. The molecule has 70 valence electrons. The van der Waals surface area contributed by atoms with Crippen LogP contribution in [0, 0.1) is 5.82 Å². The Hall–Kier alpha value is -1.70. The van der Waals surface area contributed by atoms with Crippen LogP contribution in [0.15, 0.2) is 48.6 Å². The van der Waals surface area contributed by atoms with Crippen LogP contribution in [0.5, 0.6) is 0 Å². The summed E-state index contributed by atoms with van der Waals surface area (Å²) < 4.78 is 12.6. The lowest BCUT2D eigenvalue weighted by atomic mass is 9.91. The maximum absolute atomic E-state index is 12.6. The fourth-order valence-electron chi connectivity index (χ4n) is 1.47. The molecule has 0 aromatic heterocycles. The van der Waals surface area contributed by atoms with Crippen molar-refractivity contribution in [2.75, 3.05) is 0 Å². The van der Waals surface area contributed by atoms with Crippen molar-refractivity contribution in [2.24, 2.45) is 0 Å². The molecule has 2 rings (SSSR count). The molecule has 1 aliphatic carbocycles. The zero-order valence-electron chi connectivity index (χ0n) is 7.48. The molecule has 0 saturated carbocycles. The minimum absolute atomic E-state index is 0.0408. The number of rotatable bonds is 1. The molecule has 1 aromatic carbocycles. The van der Waals surface area contributed by atoms with Gasteiger partial charge in [-0.2, -0.15) is 0 Å². The third-order valence-electron chi connectivity index (χ3n) is 2.21. The summed E-state index contributed by atoms with van der Waals surface area (Å²) in [6, 6.07) is 6.02. The van der Waals surface area contributed by atoms with Gasteiger partial charge in [-0.25, -0.2) is 4.39 Å². The summed E-state index contributed by atoms with van der Waals surface area (Å²) in [7, 11) is 0. The van der Waals surface area contributed by atoms with Crippen molar-refractivity contribution in [1.29, 1.82) is 0 Å². The van der Waals surface area contributed by atoms with E-state index < -0.39 is 0 Å². The summed E-state index contributed by atoms with van der Waals surface area (Å²) in [5.74, 6) is -0.490. The van der Waals surface area contributed by atoms with Crippen LogP contribution < -0.4 is 0 Å². The molecule has 0 heterocycles. The first-order valence-electron chi connectivity index (χ1n) is 4.41. The molecule has 1 unspecified atom stereocenters. The number of carbonyl (C=O) groups excluding carboxylic acids is 1. The lowest BCUT2D eigenvalue weighted by Gasteiger charge is -2.11. The van der Waals surface area contributed by atoms with E-state index in [2.05, 4.69) is 0 Å². The Bertz CT molecular complexity index is 401. The monoisotopic (exact) mass is 188 g/mol. The predicted molar refractivity (Wildman–Crippen MR) is 52.4 cm³/mol. The molecule has 0 spiro atoms. The van der Waals surface area contributed by atoms with Crippen LogP contribution in [0.2, 0.25) is 0 Å². The highest BCUT2D eigenvalue weighted by Gasteiger charge is 2.16. The topological polar surface area (TPSA) is 17.1 Å². The van der Waals surface area contributed by atoms with Gasteiger partial charge in [0.15, 0.2) is 5.78 Å². The van der Waals surface area contributed by atoms with E-state index in [0.29, 0.717) is 0 Å². The van der Waals surface area contributed by atoms with Gasteiger partial charge in [0, 0.05) is 0 Å². The molecule has 1 aromatic rings. The highest BCUT2D eigenvalue weighted by Crippen LogP contribution is 2.21. The van der Waals surface area contributed by atoms with Crippen molar-refractivity contribution in [2.45, 2.75) is 5.92 Å². The van der Waals surface area contributed by atoms with Gasteiger partial charge in [0.25, 0.3) is 0 Å². The van der Waals surface area contributed by atoms with Gasteiger partial charge in [0.05, 0.1) is 5.92 Å². The van der Waals surface area contributed by atoms with Crippen molar-refractivity contribution in [3.63, 3.8) is 0 Å². The van der Waals surface area contributed by atoms with Gasteiger partial charge < -0.3 is 0 Å². The molecule has 0 amide bonds. The van der Waals surface area contributed by atoms with Gasteiger partial charge in [-0.1, -0.05) is 30.4 Å². The first-order chi connectivity index (χ1) is 6.77. The number of hydrogen-bond acceptors (Lipinski definition) is 1. The van der Waals surface area contributed by atoms with E-state index in [1.54, 1.807) is 18.2 Å². The highest BCUT2D eigenvalue weighted by molar-refractivity contribution is 5.98. The van der Waals surface area contributed by atoms with Crippen molar-refractivity contribution < 1.29 is 9.18 Å². The Morgan fingerprint density at radius 1 is 1.07 bits per heavy atom. The van der Waals surface area contributed by atoms with Gasteiger partial charge in [0.1, 0.15) is 5.82 Å². The molecule has 0 fully saturated rings. The third-order valence-corrected chi connectivity index (χ3v) is 2.21. The molecular formula is C12H9FO. The molecule has 2 heteroatoms. The van der Waals surface area contributed by atoms with Crippen LogP contribution in [0.4, 0.5) is 4.39 Å². The number of hydrogen-bond donors (Lipinski definition) is 0. The van der Waals surface area contributed by atoms with E-state index in [-0.39, 0.29) is 17.5 Å². The van der Waals surface area contributed by atoms with Crippen molar-refractivity contribution in [3.05, 3.63) is 60.0 Å². The van der Waals surface area contributed by atoms with E-state index >= 15 is 0 Å². The number of halogens is 1. The lowest BCUT2D eigenvalue weighted by molar-refractivity contribution is -0.115. The molecule has 0 aliphatic heterocycles. The van der Waals surface area contributed by atoms with Crippen LogP contribution in [-0.4, -0.2) is 5.78 Å². The molecule has 0 bridgehead atoms. The highest BCUT2D eigenvalue weighted by atomic mass is 19.1. The summed E-state index contributed by atoms with van der Waals surface area (Å²) in [6.07, 6.45) is 6.89. The largest absolute Gasteiger partial charge is 0.294 e. The molecule has 14 heavy (non-hydrogen) atoms. The predicted octanol–water partition coefficient (Wildman–Crippen LogP) is 2.60. The summed E-state index contributed by atoms with van der Waals surface area (Å²) in [4.78, 5) is 11.4. The maximum Gasteiger partial charge on any atom is 0.166 e. The number of ketones is 1. The fraction of sp³-hybridized carbons (Fsp3) is 0.0833. The molecule has 1 aliphatic rings. The molecule has 1 nitrogen and oxygen atoms in total. The van der Waals surface area contributed by atoms with E-state index in [0.717, 1.165) is 5.56 Å². The Balaban J connectivity index is 2.31. The summed E-state index contributed by atoms with van der Waals surface area (Å²) >= 11 is 0. The minimum atomic E-state index is -0.281. The number of carbonyl (C=O) groups is 1. The van der Waals surface area contributed by atoms with Crippen LogP contribution in [-0.2, 0) is 4.79 Å². The average Bonchev–Trinajstić information content (AvgIpc) is 2.20. The Morgan fingerprint density at radius 2 is 1.79 bits per heavy atom. The van der Waals surface area contributed by atoms with E-state index in [4.69, 9.17) is 0 Å². The Labute approximate surface area is 81.6 Å². The zero-order valence-corrected chi connectivity index (χ0v) is 7.48. The van der Waals surface area contributed by atoms with Gasteiger partial charge in [-0.15, -0.1) is 0 Å². The molecule has 1 atom stereocenters. The van der Waals surface area contributed by atoms with Crippen LogP contribution in [0.1, 0.15) is 11.5 Å². The molecule has 0 N–H and O–H groups in total. The fourth-order valence-corrected chi connectivity index (χ4v) is 1.47. The summed E-state index contributed by atoms with van der Waals surface area (Å²) in [5, 5.41) is 0. The van der Waals surface area contributed by atoms with Crippen LogP contribution in [0.3, 0.4) is 0 Å². The van der Waals surface area contributed by atoms with Gasteiger partial charge in [0.2, 0.25) is 0 Å². The Kier molecular flexibility index (Phi) is 2.27. The van der Waals surface area contributed by atoms with Gasteiger partial charge in [-0.05, 0) is 23.8 Å². The SMILES string of the molecule is O=C1C=CC=CC1c1ccc(F)cc1. The smallest absolute Gasteiger partial charge is 0.166 e. The average molecular weight is 188 g/mol. The summed E-state index contributed by atoms with van der Waals surface area (Å²) in [6.45, 7) is 0. The lowest BCUT2D eigenvalue weighted by Crippen LogP contribution is -2.09. The number of allylic oxidation sites excluding steroid dienone is 4. The Morgan fingerprint density at radius 3 is 2.43 bits per heavy atom. The van der Waals surface area contributed by atoms with E-state index in [1.165, 1.54) is 18.2 Å².